The number of pyridine rings is 1. The van der Waals surface area contributed by atoms with E-state index in [0.717, 1.165) is 6.07 Å². The third-order valence-electron chi connectivity index (χ3n) is 4.34. The SMILES string of the molecule is O=C(CO)N1CCN(Cc2ccc3c(C(F)(F)F)cccc3n2)CC1. The number of aromatic nitrogens is 1. The van der Waals surface area contributed by atoms with E-state index in [1.54, 1.807) is 17.0 Å². The number of halogens is 3. The molecule has 134 valence electrons. The fraction of sp³-hybridized carbons (Fsp3) is 0.412. The zero-order chi connectivity index (χ0) is 18.0. The van der Waals surface area contributed by atoms with Gasteiger partial charge in [-0.05, 0) is 18.2 Å². The average Bonchev–Trinajstić information content (AvgIpc) is 2.60. The summed E-state index contributed by atoms with van der Waals surface area (Å²) in [5.41, 5.74) is 0.329. The number of aliphatic hydroxyl groups is 1. The number of piperazine rings is 1. The molecule has 0 atom stereocenters. The number of carbonyl (C=O) groups is 1. The molecule has 5 nitrogen and oxygen atoms in total. The predicted molar refractivity (Wildman–Crippen MR) is 85.7 cm³/mol. The van der Waals surface area contributed by atoms with Crippen molar-refractivity contribution in [2.24, 2.45) is 0 Å². The van der Waals surface area contributed by atoms with Crippen LogP contribution in [0.5, 0.6) is 0 Å². The van der Waals surface area contributed by atoms with Gasteiger partial charge in [0.25, 0.3) is 0 Å². The Balaban J connectivity index is 1.72. The van der Waals surface area contributed by atoms with E-state index in [-0.39, 0.29) is 11.3 Å². The van der Waals surface area contributed by atoms with Crippen LogP contribution in [0.4, 0.5) is 13.2 Å². The zero-order valence-corrected chi connectivity index (χ0v) is 13.5. The molecule has 1 aromatic carbocycles. The Bertz CT molecular complexity index is 771. The Morgan fingerprint density at radius 3 is 2.48 bits per heavy atom. The van der Waals surface area contributed by atoms with E-state index in [1.165, 1.54) is 12.1 Å². The topological polar surface area (TPSA) is 56.7 Å². The second-order valence-electron chi connectivity index (χ2n) is 5.99. The lowest BCUT2D eigenvalue weighted by molar-refractivity contribution is -0.136. The summed E-state index contributed by atoms with van der Waals surface area (Å²) in [6, 6.07) is 7.07. The molecule has 0 radical (unpaired) electrons. The van der Waals surface area contributed by atoms with Crippen LogP contribution in [0.1, 0.15) is 11.3 Å². The second-order valence-corrected chi connectivity index (χ2v) is 5.99. The standard InChI is InChI=1S/C17H18F3N3O2/c18-17(19,20)14-2-1-3-15-13(14)5-4-12(21-15)10-22-6-8-23(9-7-22)16(25)11-24/h1-5,24H,6-11H2. The molecule has 0 aliphatic carbocycles. The summed E-state index contributed by atoms with van der Waals surface area (Å²) in [6.45, 7) is 2.32. The molecule has 2 heterocycles. The van der Waals surface area contributed by atoms with Crippen molar-refractivity contribution in [3.63, 3.8) is 0 Å². The third kappa shape index (κ3) is 3.91. The van der Waals surface area contributed by atoms with Crippen LogP contribution >= 0.6 is 0 Å². The Hall–Kier alpha value is -2.19. The Labute approximate surface area is 142 Å². The molecule has 1 N–H and O–H groups in total. The summed E-state index contributed by atoms with van der Waals surface area (Å²) < 4.78 is 39.1. The van der Waals surface area contributed by atoms with Gasteiger partial charge in [-0.2, -0.15) is 13.2 Å². The maximum Gasteiger partial charge on any atom is 0.417 e. The molecule has 2 aromatic rings. The van der Waals surface area contributed by atoms with Crippen LogP contribution in [0.15, 0.2) is 30.3 Å². The number of alkyl halides is 3. The highest BCUT2D eigenvalue weighted by Crippen LogP contribution is 2.34. The van der Waals surface area contributed by atoms with Gasteiger partial charge in [-0.15, -0.1) is 0 Å². The molecular weight excluding hydrogens is 335 g/mol. The third-order valence-corrected chi connectivity index (χ3v) is 4.34. The molecule has 8 heteroatoms. The summed E-state index contributed by atoms with van der Waals surface area (Å²) in [4.78, 5) is 19.5. The highest BCUT2D eigenvalue weighted by atomic mass is 19.4. The lowest BCUT2D eigenvalue weighted by Gasteiger charge is -2.34. The van der Waals surface area contributed by atoms with Gasteiger partial charge in [0, 0.05) is 38.1 Å². The minimum atomic E-state index is -4.40. The molecule has 0 spiro atoms. The molecule has 25 heavy (non-hydrogen) atoms. The number of amides is 1. The van der Waals surface area contributed by atoms with Crippen molar-refractivity contribution >= 4 is 16.8 Å². The summed E-state index contributed by atoms with van der Waals surface area (Å²) in [6.07, 6.45) is -4.40. The summed E-state index contributed by atoms with van der Waals surface area (Å²) >= 11 is 0. The first kappa shape index (κ1) is 17.6. The van der Waals surface area contributed by atoms with Crippen molar-refractivity contribution in [3.8, 4) is 0 Å². The van der Waals surface area contributed by atoms with Crippen LogP contribution in [0.3, 0.4) is 0 Å². The molecule has 3 rings (SSSR count). The lowest BCUT2D eigenvalue weighted by Crippen LogP contribution is -2.49. The zero-order valence-electron chi connectivity index (χ0n) is 13.5. The molecule has 0 unspecified atom stereocenters. The fourth-order valence-corrected chi connectivity index (χ4v) is 3.02. The minimum Gasteiger partial charge on any atom is -0.387 e. The number of rotatable bonds is 3. The molecule has 1 fully saturated rings. The summed E-state index contributed by atoms with van der Waals surface area (Å²) in [5, 5.41) is 8.97. The number of hydrogen-bond acceptors (Lipinski definition) is 4. The van der Waals surface area contributed by atoms with Gasteiger partial charge in [-0.25, -0.2) is 0 Å². The molecule has 1 aliphatic rings. The Morgan fingerprint density at radius 1 is 1.12 bits per heavy atom. The van der Waals surface area contributed by atoms with Gasteiger partial charge >= 0.3 is 6.18 Å². The van der Waals surface area contributed by atoms with Crippen LogP contribution in [0, 0.1) is 0 Å². The van der Waals surface area contributed by atoms with Gasteiger partial charge in [0.05, 0.1) is 16.8 Å². The number of aliphatic hydroxyl groups excluding tert-OH is 1. The molecule has 0 bridgehead atoms. The van der Waals surface area contributed by atoms with E-state index in [0.29, 0.717) is 43.9 Å². The molecule has 1 saturated heterocycles. The van der Waals surface area contributed by atoms with Gasteiger partial charge in [0.1, 0.15) is 6.61 Å². The molecule has 0 saturated carbocycles. The van der Waals surface area contributed by atoms with E-state index in [2.05, 4.69) is 9.88 Å². The maximum atomic E-state index is 13.0. The van der Waals surface area contributed by atoms with E-state index < -0.39 is 18.3 Å². The quantitative estimate of drug-likeness (QED) is 0.916. The molecule has 1 aliphatic heterocycles. The Kier molecular flexibility index (Phi) is 4.91. The van der Waals surface area contributed by atoms with Crippen LogP contribution in [0.2, 0.25) is 0 Å². The first-order valence-electron chi connectivity index (χ1n) is 7.95. The second kappa shape index (κ2) is 6.97. The smallest absolute Gasteiger partial charge is 0.387 e. The van der Waals surface area contributed by atoms with Gasteiger partial charge in [-0.3, -0.25) is 14.7 Å². The number of hydrogen-bond donors (Lipinski definition) is 1. The Morgan fingerprint density at radius 2 is 1.84 bits per heavy atom. The van der Waals surface area contributed by atoms with Crippen molar-refractivity contribution in [2.75, 3.05) is 32.8 Å². The molecule has 1 amide bonds. The normalized spacial score (nSPS) is 16.4. The van der Waals surface area contributed by atoms with Gasteiger partial charge in [0.15, 0.2) is 0 Å². The highest BCUT2D eigenvalue weighted by Gasteiger charge is 2.32. The predicted octanol–water partition coefficient (Wildman–Crippen LogP) is 1.89. The summed E-state index contributed by atoms with van der Waals surface area (Å²) in [5.74, 6) is -0.289. The fourth-order valence-electron chi connectivity index (χ4n) is 3.02. The van der Waals surface area contributed by atoms with Crippen LogP contribution in [-0.2, 0) is 17.5 Å². The van der Waals surface area contributed by atoms with Crippen LogP contribution < -0.4 is 0 Å². The van der Waals surface area contributed by atoms with Crippen molar-refractivity contribution in [1.29, 1.82) is 0 Å². The number of benzene rings is 1. The van der Waals surface area contributed by atoms with Crippen LogP contribution in [0.25, 0.3) is 10.9 Å². The van der Waals surface area contributed by atoms with E-state index in [1.807, 2.05) is 0 Å². The monoisotopic (exact) mass is 353 g/mol. The highest BCUT2D eigenvalue weighted by molar-refractivity contribution is 5.82. The number of carbonyl (C=O) groups excluding carboxylic acids is 1. The van der Waals surface area contributed by atoms with Crippen molar-refractivity contribution < 1.29 is 23.1 Å². The number of nitrogens with zero attached hydrogens (tertiary/aromatic N) is 3. The first-order chi connectivity index (χ1) is 11.9. The maximum absolute atomic E-state index is 13.0. The van der Waals surface area contributed by atoms with Gasteiger partial charge < -0.3 is 10.0 Å². The van der Waals surface area contributed by atoms with Gasteiger partial charge in [0.2, 0.25) is 5.91 Å². The van der Waals surface area contributed by atoms with E-state index >= 15 is 0 Å². The van der Waals surface area contributed by atoms with Crippen molar-refractivity contribution in [2.45, 2.75) is 12.7 Å². The van der Waals surface area contributed by atoms with E-state index in [9.17, 15) is 18.0 Å². The largest absolute Gasteiger partial charge is 0.417 e. The van der Waals surface area contributed by atoms with Crippen molar-refractivity contribution in [3.05, 3.63) is 41.6 Å². The van der Waals surface area contributed by atoms with Gasteiger partial charge in [-0.1, -0.05) is 12.1 Å². The average molecular weight is 353 g/mol. The van der Waals surface area contributed by atoms with E-state index in [4.69, 9.17) is 5.11 Å². The molecule has 1 aromatic heterocycles. The summed E-state index contributed by atoms with van der Waals surface area (Å²) in [7, 11) is 0. The first-order valence-corrected chi connectivity index (χ1v) is 7.95. The van der Waals surface area contributed by atoms with Crippen LogP contribution in [-0.4, -0.2) is 58.6 Å². The van der Waals surface area contributed by atoms with Crippen molar-refractivity contribution in [1.82, 2.24) is 14.8 Å². The number of fused-ring (bicyclic) bond motifs is 1. The molecular formula is C17H18F3N3O2. The minimum absolute atomic E-state index is 0.0945. The lowest BCUT2D eigenvalue weighted by atomic mass is 10.1.